The molecule has 5 nitrogen and oxygen atoms in total. The Morgan fingerprint density at radius 3 is 2.33 bits per heavy atom. The van der Waals surface area contributed by atoms with Gasteiger partial charge in [-0.3, -0.25) is 0 Å². The van der Waals surface area contributed by atoms with Gasteiger partial charge < -0.3 is 10.0 Å². The molecule has 134 valence electrons. The second-order valence-corrected chi connectivity index (χ2v) is 6.48. The van der Waals surface area contributed by atoms with E-state index in [2.05, 4.69) is 12.1 Å². The Kier molecular flexibility index (Phi) is 4.96. The minimum absolute atomic E-state index is 0.507. The van der Waals surface area contributed by atoms with Crippen LogP contribution in [0.15, 0.2) is 59.8 Å². The van der Waals surface area contributed by atoms with Crippen LogP contribution in [0, 0.1) is 22.7 Å². The molecular formula is C22H19N3O2. The van der Waals surface area contributed by atoms with Gasteiger partial charge >= 0.3 is 5.97 Å². The number of nitrogens with zero attached hydrogens (tertiary/aromatic N) is 3. The molecule has 1 heterocycles. The zero-order valence-corrected chi connectivity index (χ0v) is 15.2. The van der Waals surface area contributed by atoms with Gasteiger partial charge in [-0.1, -0.05) is 49.4 Å². The van der Waals surface area contributed by atoms with Crippen LogP contribution in [-0.2, 0) is 4.79 Å². The summed E-state index contributed by atoms with van der Waals surface area (Å²) in [5.74, 6) is -1.45. The summed E-state index contributed by atoms with van der Waals surface area (Å²) in [5.41, 5.74) is 4.36. The fourth-order valence-corrected chi connectivity index (χ4v) is 3.85. The Bertz CT molecular complexity index is 993. The molecule has 0 saturated heterocycles. The largest absolute Gasteiger partial charge is 0.480 e. The maximum atomic E-state index is 11.9. The SMILES string of the molecule is CCC1=C(C#N)C(c2ccc(-c3ccccc3C#N)cc2)C(C(=O)O)N1C. The molecule has 3 rings (SSSR count). The maximum Gasteiger partial charge on any atom is 0.327 e. The van der Waals surface area contributed by atoms with Crippen molar-refractivity contribution >= 4 is 5.97 Å². The van der Waals surface area contributed by atoms with E-state index in [0.29, 0.717) is 17.6 Å². The van der Waals surface area contributed by atoms with Crippen molar-refractivity contribution in [1.29, 1.82) is 10.5 Å². The molecule has 5 heteroatoms. The third-order valence-corrected chi connectivity index (χ3v) is 5.12. The normalized spacial score (nSPS) is 18.9. The number of hydrogen-bond acceptors (Lipinski definition) is 4. The summed E-state index contributed by atoms with van der Waals surface area (Å²) < 4.78 is 0. The molecule has 0 aromatic heterocycles. The Hall–Kier alpha value is -3.57. The molecule has 1 N–H and O–H groups in total. The van der Waals surface area contributed by atoms with Crippen molar-refractivity contribution in [3.63, 3.8) is 0 Å². The smallest absolute Gasteiger partial charge is 0.327 e. The van der Waals surface area contributed by atoms with Crippen LogP contribution < -0.4 is 0 Å². The topological polar surface area (TPSA) is 88.1 Å². The molecule has 2 aromatic carbocycles. The van der Waals surface area contributed by atoms with Gasteiger partial charge in [-0.05, 0) is 29.2 Å². The van der Waals surface area contributed by atoms with Gasteiger partial charge in [-0.2, -0.15) is 10.5 Å². The minimum Gasteiger partial charge on any atom is -0.480 e. The summed E-state index contributed by atoms with van der Waals surface area (Å²) in [6.07, 6.45) is 0.604. The van der Waals surface area contributed by atoms with Crippen LogP contribution in [0.5, 0.6) is 0 Å². The predicted octanol–water partition coefficient (Wildman–Crippen LogP) is 3.90. The van der Waals surface area contributed by atoms with E-state index in [4.69, 9.17) is 0 Å². The lowest BCUT2D eigenvalue weighted by Crippen LogP contribution is -2.37. The first-order valence-electron chi connectivity index (χ1n) is 8.71. The number of benzene rings is 2. The van der Waals surface area contributed by atoms with Crippen molar-refractivity contribution in [2.24, 2.45) is 0 Å². The zero-order valence-electron chi connectivity index (χ0n) is 15.2. The Balaban J connectivity index is 2.05. The van der Waals surface area contributed by atoms with Gasteiger partial charge in [0.25, 0.3) is 0 Å². The lowest BCUT2D eigenvalue weighted by Gasteiger charge is -2.25. The second kappa shape index (κ2) is 7.35. The van der Waals surface area contributed by atoms with Gasteiger partial charge in [0.05, 0.1) is 29.2 Å². The predicted molar refractivity (Wildman–Crippen MR) is 101 cm³/mol. The van der Waals surface area contributed by atoms with Crippen LogP contribution in [0.25, 0.3) is 11.1 Å². The Morgan fingerprint density at radius 2 is 1.78 bits per heavy atom. The van der Waals surface area contributed by atoms with Crippen molar-refractivity contribution in [3.8, 4) is 23.3 Å². The Labute approximate surface area is 158 Å². The summed E-state index contributed by atoms with van der Waals surface area (Å²) in [7, 11) is 1.73. The van der Waals surface area contributed by atoms with E-state index < -0.39 is 17.9 Å². The molecule has 2 aromatic rings. The van der Waals surface area contributed by atoms with Crippen molar-refractivity contribution in [1.82, 2.24) is 4.90 Å². The summed E-state index contributed by atoms with van der Waals surface area (Å²) in [4.78, 5) is 13.6. The first kappa shape index (κ1) is 18.2. The quantitative estimate of drug-likeness (QED) is 0.896. The number of likely N-dealkylation sites (N-methyl/N-ethyl adjacent to an activating group) is 1. The monoisotopic (exact) mass is 357 g/mol. The van der Waals surface area contributed by atoms with Crippen LogP contribution in [0.1, 0.15) is 30.4 Å². The van der Waals surface area contributed by atoms with Gasteiger partial charge in [-0.15, -0.1) is 0 Å². The molecule has 0 saturated carbocycles. The van der Waals surface area contributed by atoms with Crippen LogP contribution in [0.3, 0.4) is 0 Å². The number of carbonyl (C=O) groups is 1. The van der Waals surface area contributed by atoms with Crippen LogP contribution >= 0.6 is 0 Å². The van der Waals surface area contributed by atoms with Crippen LogP contribution in [0.2, 0.25) is 0 Å². The van der Waals surface area contributed by atoms with Crippen LogP contribution in [-0.4, -0.2) is 29.1 Å². The highest BCUT2D eigenvalue weighted by Gasteiger charge is 2.43. The van der Waals surface area contributed by atoms with Crippen molar-refractivity contribution in [2.75, 3.05) is 7.05 Å². The number of nitriles is 2. The minimum atomic E-state index is -0.947. The zero-order chi connectivity index (χ0) is 19.6. The first-order valence-corrected chi connectivity index (χ1v) is 8.71. The standard InChI is InChI=1S/C22H19N3O2/c1-3-19-18(13-24)20(21(22(26)27)25(19)2)15-10-8-14(9-11-15)17-7-5-4-6-16(17)12-23/h4-11,20-21H,3H2,1-2H3,(H,26,27). The summed E-state index contributed by atoms with van der Waals surface area (Å²) in [6.45, 7) is 1.92. The number of carboxylic acids is 1. The molecular weight excluding hydrogens is 338 g/mol. The van der Waals surface area contributed by atoms with E-state index >= 15 is 0 Å². The molecule has 0 aliphatic carbocycles. The second-order valence-electron chi connectivity index (χ2n) is 6.48. The highest BCUT2D eigenvalue weighted by atomic mass is 16.4. The van der Waals surface area contributed by atoms with E-state index in [9.17, 15) is 20.4 Å². The third-order valence-electron chi connectivity index (χ3n) is 5.12. The molecule has 0 bridgehead atoms. The average molecular weight is 357 g/mol. The molecule has 2 unspecified atom stereocenters. The van der Waals surface area contributed by atoms with Crippen molar-refractivity contribution in [2.45, 2.75) is 25.3 Å². The molecule has 0 spiro atoms. The average Bonchev–Trinajstić information content (AvgIpc) is 2.99. The van der Waals surface area contributed by atoms with Crippen molar-refractivity contribution < 1.29 is 9.90 Å². The first-order chi connectivity index (χ1) is 13.0. The lowest BCUT2D eigenvalue weighted by atomic mass is 9.86. The summed E-state index contributed by atoms with van der Waals surface area (Å²) in [6, 6.07) is 18.4. The lowest BCUT2D eigenvalue weighted by molar-refractivity contribution is -0.142. The number of aliphatic carboxylic acids is 1. The molecule has 0 fully saturated rings. The van der Waals surface area contributed by atoms with E-state index in [1.54, 1.807) is 18.0 Å². The highest BCUT2D eigenvalue weighted by Crippen LogP contribution is 2.41. The molecule has 1 aliphatic rings. The fraction of sp³-hybridized carbons (Fsp3) is 0.227. The number of rotatable bonds is 4. The van der Waals surface area contributed by atoms with Gasteiger partial charge in [-0.25, -0.2) is 4.79 Å². The number of allylic oxidation sites excluding steroid dienone is 1. The Morgan fingerprint density at radius 1 is 1.11 bits per heavy atom. The van der Waals surface area contributed by atoms with E-state index in [1.165, 1.54) is 0 Å². The number of carboxylic acid groups (broad SMARTS) is 1. The van der Waals surface area contributed by atoms with Gasteiger partial charge in [0.2, 0.25) is 0 Å². The number of hydrogen-bond donors (Lipinski definition) is 1. The molecule has 0 radical (unpaired) electrons. The molecule has 0 amide bonds. The van der Waals surface area contributed by atoms with E-state index in [1.807, 2.05) is 49.4 Å². The van der Waals surface area contributed by atoms with Crippen molar-refractivity contribution in [3.05, 3.63) is 70.9 Å². The fourth-order valence-electron chi connectivity index (χ4n) is 3.85. The molecule has 27 heavy (non-hydrogen) atoms. The molecule has 2 atom stereocenters. The molecule has 1 aliphatic heterocycles. The highest BCUT2D eigenvalue weighted by molar-refractivity contribution is 5.79. The summed E-state index contributed by atoms with van der Waals surface area (Å²) >= 11 is 0. The van der Waals surface area contributed by atoms with Gasteiger partial charge in [0.15, 0.2) is 0 Å². The summed E-state index contributed by atoms with van der Waals surface area (Å²) in [5, 5.41) is 28.7. The van der Waals surface area contributed by atoms with Gasteiger partial charge in [0, 0.05) is 12.7 Å². The maximum absolute atomic E-state index is 11.9. The third kappa shape index (κ3) is 3.05. The van der Waals surface area contributed by atoms with Gasteiger partial charge in [0.1, 0.15) is 6.04 Å². The van der Waals surface area contributed by atoms with E-state index in [-0.39, 0.29) is 0 Å². The van der Waals surface area contributed by atoms with E-state index in [0.717, 1.165) is 22.4 Å². The van der Waals surface area contributed by atoms with Crippen LogP contribution in [0.4, 0.5) is 0 Å².